The molecule has 1 N–H and O–H groups in total. The van der Waals surface area contributed by atoms with E-state index in [1.807, 2.05) is 0 Å². The molecule has 0 radical (unpaired) electrons. The number of aromatic amines is 1. The summed E-state index contributed by atoms with van der Waals surface area (Å²) in [6.07, 6.45) is 9.57. The summed E-state index contributed by atoms with van der Waals surface area (Å²) in [7, 11) is 1.50. The number of methoxy groups -OCH3 is 1. The summed E-state index contributed by atoms with van der Waals surface area (Å²) < 4.78 is 5.03. The predicted molar refractivity (Wildman–Crippen MR) is 99.1 cm³/mol. The predicted octanol–water partition coefficient (Wildman–Crippen LogP) is 2.14. The molecule has 6 nitrogen and oxygen atoms in total. The molecule has 26 heavy (non-hydrogen) atoms. The molecule has 4 rings (SSSR count). The largest absolute Gasteiger partial charge is 0.491 e. The molecule has 6 heteroatoms. The number of piperidine rings is 1. The van der Waals surface area contributed by atoms with Crippen LogP contribution in [0.4, 0.5) is 0 Å². The van der Waals surface area contributed by atoms with Gasteiger partial charge in [0.15, 0.2) is 5.75 Å². The van der Waals surface area contributed by atoms with E-state index in [1.165, 1.54) is 32.8 Å². The van der Waals surface area contributed by atoms with E-state index in [0.717, 1.165) is 44.6 Å². The number of H-pyrrole nitrogens is 1. The molecule has 3 aliphatic rings. The van der Waals surface area contributed by atoms with Crippen LogP contribution < -0.4 is 10.2 Å². The first-order valence-electron chi connectivity index (χ1n) is 9.90. The third-order valence-corrected chi connectivity index (χ3v) is 6.52. The molecule has 2 aliphatic heterocycles. The van der Waals surface area contributed by atoms with E-state index in [-0.39, 0.29) is 10.8 Å². The van der Waals surface area contributed by atoms with Gasteiger partial charge in [0.1, 0.15) is 0 Å². The van der Waals surface area contributed by atoms with Gasteiger partial charge < -0.3 is 14.6 Å². The molecule has 1 amide bonds. The lowest BCUT2D eigenvalue weighted by Gasteiger charge is -2.42. The third kappa shape index (κ3) is 3.15. The van der Waals surface area contributed by atoms with Gasteiger partial charge in [-0.15, -0.1) is 0 Å². The van der Waals surface area contributed by atoms with Crippen LogP contribution in [0.15, 0.2) is 17.1 Å². The summed E-state index contributed by atoms with van der Waals surface area (Å²) in [6, 6.07) is 2.09. The lowest BCUT2D eigenvalue weighted by Crippen LogP contribution is -2.53. The quantitative estimate of drug-likeness (QED) is 0.894. The number of pyridine rings is 1. The van der Waals surface area contributed by atoms with Gasteiger partial charge in [0.25, 0.3) is 0 Å². The van der Waals surface area contributed by atoms with Gasteiger partial charge in [-0.1, -0.05) is 12.8 Å². The van der Waals surface area contributed by atoms with E-state index in [4.69, 9.17) is 4.74 Å². The maximum Gasteiger partial charge on any atom is 0.230 e. The van der Waals surface area contributed by atoms with Crippen LogP contribution >= 0.6 is 0 Å². The van der Waals surface area contributed by atoms with E-state index in [0.29, 0.717) is 24.2 Å². The lowest BCUT2D eigenvalue weighted by molar-refractivity contribution is -0.148. The van der Waals surface area contributed by atoms with Crippen molar-refractivity contribution in [2.75, 3.05) is 26.7 Å². The van der Waals surface area contributed by atoms with Crippen LogP contribution in [0.3, 0.4) is 0 Å². The summed E-state index contributed by atoms with van der Waals surface area (Å²) in [5.41, 5.74) is 0.577. The molecule has 1 spiro atoms. The SMILES string of the molecule is COc1c[nH]c(CN2CCC3(CCCN(C4CCCC4)C3=O)C2)cc1=O. The van der Waals surface area contributed by atoms with Crippen LogP contribution in [0.5, 0.6) is 5.75 Å². The molecule has 2 saturated heterocycles. The average Bonchev–Trinajstić information content (AvgIpc) is 3.29. The maximum atomic E-state index is 13.3. The lowest BCUT2D eigenvalue weighted by atomic mass is 9.77. The Hall–Kier alpha value is -1.82. The number of nitrogens with one attached hydrogen (secondary N) is 1. The summed E-state index contributed by atoms with van der Waals surface area (Å²) in [4.78, 5) is 32.9. The highest BCUT2D eigenvalue weighted by Crippen LogP contribution is 2.42. The highest BCUT2D eigenvalue weighted by atomic mass is 16.5. The Morgan fingerprint density at radius 3 is 2.73 bits per heavy atom. The Bertz CT molecular complexity index is 725. The smallest absolute Gasteiger partial charge is 0.230 e. The number of hydrogen-bond donors (Lipinski definition) is 1. The van der Waals surface area contributed by atoms with E-state index in [1.54, 1.807) is 12.3 Å². The molecular weight excluding hydrogens is 330 g/mol. The first-order valence-corrected chi connectivity index (χ1v) is 9.90. The molecule has 1 atom stereocenters. The van der Waals surface area contributed by atoms with Gasteiger partial charge in [0.2, 0.25) is 11.3 Å². The van der Waals surface area contributed by atoms with Crippen molar-refractivity contribution in [3.8, 4) is 5.75 Å². The summed E-state index contributed by atoms with van der Waals surface area (Å²) >= 11 is 0. The Kier molecular flexibility index (Phi) is 4.78. The number of hydrogen-bond acceptors (Lipinski definition) is 4. The van der Waals surface area contributed by atoms with Crippen LogP contribution in [-0.2, 0) is 11.3 Å². The second kappa shape index (κ2) is 7.06. The van der Waals surface area contributed by atoms with E-state index in [9.17, 15) is 9.59 Å². The van der Waals surface area contributed by atoms with Crippen molar-refractivity contribution >= 4 is 5.91 Å². The molecule has 0 aromatic carbocycles. The van der Waals surface area contributed by atoms with Crippen LogP contribution in [0.25, 0.3) is 0 Å². The molecule has 1 saturated carbocycles. The Labute approximate surface area is 154 Å². The van der Waals surface area contributed by atoms with Crippen molar-refractivity contribution in [1.29, 1.82) is 0 Å². The molecule has 1 aromatic rings. The molecule has 0 bridgehead atoms. The standard InChI is InChI=1S/C20H29N3O3/c1-26-18-12-21-15(11-17(18)24)13-22-10-8-20(14-22)7-4-9-23(19(20)25)16-5-2-3-6-16/h11-12,16H,2-10,13-14H2,1H3,(H,21,24). The average molecular weight is 359 g/mol. The number of carbonyl (C=O) groups is 1. The van der Waals surface area contributed by atoms with Gasteiger partial charge in [-0.25, -0.2) is 0 Å². The highest BCUT2D eigenvalue weighted by Gasteiger charge is 2.49. The van der Waals surface area contributed by atoms with Crippen molar-refractivity contribution in [1.82, 2.24) is 14.8 Å². The second-order valence-corrected chi connectivity index (χ2v) is 8.17. The van der Waals surface area contributed by atoms with Crippen molar-refractivity contribution in [2.24, 2.45) is 5.41 Å². The molecule has 1 aliphatic carbocycles. The number of aromatic nitrogens is 1. The van der Waals surface area contributed by atoms with E-state index < -0.39 is 0 Å². The topological polar surface area (TPSA) is 65.6 Å². The zero-order valence-electron chi connectivity index (χ0n) is 15.6. The minimum Gasteiger partial charge on any atom is -0.491 e. The van der Waals surface area contributed by atoms with Gasteiger partial charge in [0, 0.05) is 43.6 Å². The van der Waals surface area contributed by atoms with Gasteiger partial charge in [0.05, 0.1) is 12.5 Å². The van der Waals surface area contributed by atoms with Gasteiger partial charge in [-0.05, 0) is 38.6 Å². The molecule has 3 fully saturated rings. The number of rotatable bonds is 4. The maximum absolute atomic E-state index is 13.3. The van der Waals surface area contributed by atoms with Crippen LogP contribution in [0.2, 0.25) is 0 Å². The van der Waals surface area contributed by atoms with Crippen molar-refractivity contribution in [3.05, 3.63) is 28.2 Å². The minimum absolute atomic E-state index is 0.101. The zero-order valence-corrected chi connectivity index (χ0v) is 15.6. The normalized spacial score (nSPS) is 27.6. The van der Waals surface area contributed by atoms with E-state index >= 15 is 0 Å². The summed E-state index contributed by atoms with van der Waals surface area (Å²) in [6.45, 7) is 3.34. The molecule has 3 heterocycles. The van der Waals surface area contributed by atoms with Gasteiger partial charge in [-0.2, -0.15) is 0 Å². The molecular formula is C20H29N3O3. The molecule has 142 valence electrons. The Morgan fingerprint density at radius 2 is 2.00 bits per heavy atom. The number of ether oxygens (including phenoxy) is 1. The fourth-order valence-electron chi connectivity index (χ4n) is 5.13. The first kappa shape index (κ1) is 17.6. The second-order valence-electron chi connectivity index (χ2n) is 8.17. The summed E-state index contributed by atoms with van der Waals surface area (Å²) in [5.74, 6) is 0.725. The fraction of sp³-hybridized carbons (Fsp3) is 0.700. The minimum atomic E-state index is -0.201. The Morgan fingerprint density at radius 1 is 1.19 bits per heavy atom. The van der Waals surface area contributed by atoms with Crippen molar-refractivity contribution in [2.45, 2.75) is 57.5 Å². The summed E-state index contributed by atoms with van der Waals surface area (Å²) in [5, 5.41) is 0. The molecule has 1 aromatic heterocycles. The third-order valence-electron chi connectivity index (χ3n) is 6.52. The first-order chi connectivity index (χ1) is 12.6. The van der Waals surface area contributed by atoms with Crippen LogP contribution in [0.1, 0.15) is 50.6 Å². The highest BCUT2D eigenvalue weighted by molar-refractivity contribution is 5.84. The van der Waals surface area contributed by atoms with Crippen LogP contribution in [-0.4, -0.2) is 53.5 Å². The van der Waals surface area contributed by atoms with Crippen molar-refractivity contribution in [3.63, 3.8) is 0 Å². The molecule has 1 unspecified atom stereocenters. The fourth-order valence-corrected chi connectivity index (χ4v) is 5.13. The van der Waals surface area contributed by atoms with Gasteiger partial charge in [-0.3, -0.25) is 14.5 Å². The van der Waals surface area contributed by atoms with Crippen molar-refractivity contribution < 1.29 is 9.53 Å². The van der Waals surface area contributed by atoms with Gasteiger partial charge >= 0.3 is 0 Å². The monoisotopic (exact) mass is 359 g/mol. The van der Waals surface area contributed by atoms with Crippen LogP contribution in [0, 0.1) is 5.41 Å². The number of nitrogens with zero attached hydrogens (tertiary/aromatic N) is 2. The zero-order chi connectivity index (χ0) is 18.1. The Balaban J connectivity index is 1.44. The number of likely N-dealkylation sites (tertiary alicyclic amines) is 2. The number of carbonyl (C=O) groups excluding carboxylic acids is 1. The number of amides is 1. The van der Waals surface area contributed by atoms with E-state index in [2.05, 4.69) is 14.8 Å².